The highest BCUT2D eigenvalue weighted by molar-refractivity contribution is 6.22. The van der Waals surface area contributed by atoms with Crippen molar-refractivity contribution in [2.75, 3.05) is 0 Å². The van der Waals surface area contributed by atoms with Crippen molar-refractivity contribution in [3.63, 3.8) is 0 Å². The first-order valence-corrected chi connectivity index (χ1v) is 18.8. The molecule has 0 amide bonds. The number of imidazole rings is 1. The Labute approximate surface area is 314 Å². The maximum Gasteiger partial charge on any atom is 0.146 e. The van der Waals surface area contributed by atoms with Crippen LogP contribution < -0.4 is 0 Å². The van der Waals surface area contributed by atoms with Gasteiger partial charge in [-0.15, -0.1) is 0 Å². The topological polar surface area (TPSA) is 17.8 Å². The van der Waals surface area contributed by atoms with Gasteiger partial charge in [0.2, 0.25) is 0 Å². The van der Waals surface area contributed by atoms with Gasteiger partial charge in [0.25, 0.3) is 0 Å². The standard InChI is InChI=1S/C52H36N2/c1-52(2)45-21-11-10-18-39(45)43-32-37(27-29-46(43)52)49-40-19-8-9-20-41(40)50(51-53-47-22-12-13-23-48(47)54(51)38-16-4-3-5-17-38)42-28-26-36(31-44(42)49)35-25-24-33-14-6-7-15-34(33)30-35/h3-32H,1-2H3. The molecule has 1 heterocycles. The maximum absolute atomic E-state index is 5.43. The van der Waals surface area contributed by atoms with Crippen LogP contribution in [-0.4, -0.2) is 9.55 Å². The average Bonchev–Trinajstić information content (AvgIpc) is 3.71. The number of benzene rings is 9. The lowest BCUT2D eigenvalue weighted by atomic mass is 9.81. The van der Waals surface area contributed by atoms with Crippen LogP contribution in [-0.2, 0) is 5.41 Å². The highest BCUT2D eigenvalue weighted by Crippen LogP contribution is 2.51. The van der Waals surface area contributed by atoms with E-state index < -0.39 is 0 Å². The highest BCUT2D eigenvalue weighted by atomic mass is 15.1. The summed E-state index contributed by atoms with van der Waals surface area (Å²) in [5.74, 6) is 0.943. The van der Waals surface area contributed by atoms with Crippen molar-refractivity contribution in [3.8, 4) is 50.5 Å². The van der Waals surface area contributed by atoms with Gasteiger partial charge in [0.15, 0.2) is 0 Å². The molecule has 2 nitrogen and oxygen atoms in total. The number of rotatable bonds is 4. The van der Waals surface area contributed by atoms with Crippen molar-refractivity contribution < 1.29 is 0 Å². The Bertz CT molecular complexity index is 3130. The molecule has 0 aliphatic heterocycles. The van der Waals surface area contributed by atoms with Crippen LogP contribution in [0.2, 0.25) is 0 Å². The predicted octanol–water partition coefficient (Wildman–Crippen LogP) is 13.8. The lowest BCUT2D eigenvalue weighted by Crippen LogP contribution is -2.14. The average molecular weight is 689 g/mol. The molecule has 1 aliphatic rings. The third-order valence-corrected chi connectivity index (χ3v) is 11.8. The predicted molar refractivity (Wildman–Crippen MR) is 227 cm³/mol. The van der Waals surface area contributed by atoms with Gasteiger partial charge in [0, 0.05) is 16.7 Å². The number of aromatic nitrogens is 2. The second-order valence-electron chi connectivity index (χ2n) is 15.1. The molecule has 0 radical (unpaired) electrons. The Hall–Kier alpha value is -6.77. The van der Waals surface area contributed by atoms with Gasteiger partial charge in [0.1, 0.15) is 5.82 Å². The molecule has 0 bridgehead atoms. The summed E-state index contributed by atoms with van der Waals surface area (Å²) in [5.41, 5.74) is 14.5. The number of fused-ring (bicyclic) bond motifs is 7. The molecule has 10 aromatic rings. The third kappa shape index (κ3) is 4.50. The highest BCUT2D eigenvalue weighted by Gasteiger charge is 2.35. The largest absolute Gasteiger partial charge is 0.292 e. The van der Waals surface area contributed by atoms with Crippen molar-refractivity contribution >= 4 is 43.4 Å². The van der Waals surface area contributed by atoms with Crippen LogP contribution in [0.3, 0.4) is 0 Å². The second-order valence-corrected chi connectivity index (χ2v) is 15.1. The molecule has 1 aliphatic carbocycles. The van der Waals surface area contributed by atoms with E-state index in [1.165, 1.54) is 76.8 Å². The molecule has 1 aromatic heterocycles. The summed E-state index contributed by atoms with van der Waals surface area (Å²) in [6.45, 7) is 4.71. The van der Waals surface area contributed by atoms with Crippen LogP contribution in [0, 0.1) is 0 Å². The summed E-state index contributed by atoms with van der Waals surface area (Å²) in [4.78, 5) is 5.43. The molecule has 0 saturated heterocycles. The van der Waals surface area contributed by atoms with Gasteiger partial charge in [-0.1, -0.05) is 153 Å². The summed E-state index contributed by atoms with van der Waals surface area (Å²) in [7, 11) is 0. The van der Waals surface area contributed by atoms with Crippen molar-refractivity contribution in [1.29, 1.82) is 0 Å². The number of nitrogens with zero attached hydrogens (tertiary/aromatic N) is 2. The van der Waals surface area contributed by atoms with Gasteiger partial charge in [-0.25, -0.2) is 4.98 Å². The molecular formula is C52H36N2. The smallest absolute Gasteiger partial charge is 0.146 e. The van der Waals surface area contributed by atoms with Gasteiger partial charge in [-0.3, -0.25) is 4.57 Å². The first-order valence-electron chi connectivity index (χ1n) is 18.8. The summed E-state index contributed by atoms with van der Waals surface area (Å²) in [6.07, 6.45) is 0. The zero-order valence-corrected chi connectivity index (χ0v) is 30.2. The van der Waals surface area contributed by atoms with Gasteiger partial charge in [-0.2, -0.15) is 0 Å². The monoisotopic (exact) mass is 688 g/mol. The lowest BCUT2D eigenvalue weighted by Gasteiger charge is -2.22. The number of hydrogen-bond donors (Lipinski definition) is 0. The molecule has 0 atom stereocenters. The summed E-state index contributed by atoms with van der Waals surface area (Å²) >= 11 is 0. The fourth-order valence-corrected chi connectivity index (χ4v) is 9.19. The first-order chi connectivity index (χ1) is 26.5. The quantitative estimate of drug-likeness (QED) is 0.168. The van der Waals surface area contributed by atoms with Gasteiger partial charge in [0.05, 0.1) is 11.0 Å². The van der Waals surface area contributed by atoms with E-state index in [0.29, 0.717) is 0 Å². The van der Waals surface area contributed by atoms with E-state index in [1.807, 2.05) is 0 Å². The zero-order chi connectivity index (χ0) is 36.0. The van der Waals surface area contributed by atoms with Crippen molar-refractivity contribution in [2.24, 2.45) is 0 Å². The summed E-state index contributed by atoms with van der Waals surface area (Å²) in [6, 6.07) is 66.7. The van der Waals surface area contributed by atoms with E-state index in [0.717, 1.165) is 28.1 Å². The third-order valence-electron chi connectivity index (χ3n) is 11.8. The van der Waals surface area contributed by atoms with Crippen LogP contribution in [0.25, 0.3) is 93.8 Å². The van der Waals surface area contributed by atoms with E-state index in [-0.39, 0.29) is 5.41 Å². The molecule has 54 heavy (non-hydrogen) atoms. The minimum atomic E-state index is -0.0573. The van der Waals surface area contributed by atoms with E-state index in [4.69, 9.17) is 4.98 Å². The van der Waals surface area contributed by atoms with Gasteiger partial charge < -0.3 is 0 Å². The van der Waals surface area contributed by atoms with Crippen LogP contribution in [0.5, 0.6) is 0 Å². The Balaban J connectivity index is 1.26. The second kappa shape index (κ2) is 11.6. The fourth-order valence-electron chi connectivity index (χ4n) is 9.19. The minimum Gasteiger partial charge on any atom is -0.292 e. The normalized spacial score (nSPS) is 13.1. The lowest BCUT2D eigenvalue weighted by molar-refractivity contribution is 0.660. The SMILES string of the molecule is CC1(C)c2ccccc2-c2cc(-c3c4ccccc4c(-c4nc5ccccc5n4-c4ccccc4)c4ccc(-c5ccc6ccccc6c5)cc34)ccc21. The molecule has 0 spiro atoms. The molecular weight excluding hydrogens is 653 g/mol. The van der Waals surface area contributed by atoms with E-state index in [2.05, 4.69) is 200 Å². The zero-order valence-electron chi connectivity index (χ0n) is 30.2. The van der Waals surface area contributed by atoms with Gasteiger partial charge in [-0.05, 0) is 119 Å². The van der Waals surface area contributed by atoms with E-state index >= 15 is 0 Å². The van der Waals surface area contributed by atoms with Crippen molar-refractivity contribution in [1.82, 2.24) is 9.55 Å². The van der Waals surface area contributed by atoms with Crippen LogP contribution in [0.15, 0.2) is 182 Å². The Morgan fingerprint density at radius 2 is 1.06 bits per heavy atom. The van der Waals surface area contributed by atoms with E-state index in [1.54, 1.807) is 0 Å². The maximum atomic E-state index is 5.43. The molecule has 0 saturated carbocycles. The summed E-state index contributed by atoms with van der Waals surface area (Å²) in [5, 5.41) is 7.29. The fraction of sp³-hybridized carbons (Fsp3) is 0.0577. The molecule has 254 valence electrons. The van der Waals surface area contributed by atoms with Crippen LogP contribution >= 0.6 is 0 Å². The molecule has 0 N–H and O–H groups in total. The van der Waals surface area contributed by atoms with Crippen molar-refractivity contribution in [3.05, 3.63) is 193 Å². The minimum absolute atomic E-state index is 0.0573. The molecule has 11 rings (SSSR count). The molecule has 2 heteroatoms. The van der Waals surface area contributed by atoms with Crippen molar-refractivity contribution in [2.45, 2.75) is 19.3 Å². The Kier molecular flexibility index (Phi) is 6.63. The Morgan fingerprint density at radius 3 is 1.93 bits per heavy atom. The number of para-hydroxylation sites is 3. The first kappa shape index (κ1) is 30.8. The Morgan fingerprint density at radius 1 is 0.426 bits per heavy atom. The van der Waals surface area contributed by atoms with Gasteiger partial charge >= 0.3 is 0 Å². The van der Waals surface area contributed by atoms with Crippen LogP contribution in [0.4, 0.5) is 0 Å². The van der Waals surface area contributed by atoms with E-state index in [9.17, 15) is 0 Å². The van der Waals surface area contributed by atoms with Crippen LogP contribution in [0.1, 0.15) is 25.0 Å². The molecule has 9 aromatic carbocycles. The molecule has 0 fully saturated rings. The number of hydrogen-bond acceptors (Lipinski definition) is 1. The molecule has 0 unspecified atom stereocenters. The summed E-state index contributed by atoms with van der Waals surface area (Å²) < 4.78 is 2.34.